The first-order valence-corrected chi connectivity index (χ1v) is 4.39. The molecule has 1 aliphatic carbocycles. The zero-order valence-electron chi connectivity index (χ0n) is 7.18. The number of carboxylic acid groups (broad SMARTS) is 1. The van der Waals surface area contributed by atoms with Crippen LogP contribution in [-0.4, -0.2) is 16.1 Å². The van der Waals surface area contributed by atoms with Crippen LogP contribution in [-0.2, 0) is 11.2 Å². The third-order valence-corrected chi connectivity index (χ3v) is 2.46. The van der Waals surface area contributed by atoms with Crippen LogP contribution in [0.2, 0.25) is 0 Å². The molecule has 0 aromatic carbocycles. The van der Waals surface area contributed by atoms with Gasteiger partial charge in [-0.05, 0) is 30.4 Å². The second-order valence-electron chi connectivity index (χ2n) is 3.51. The van der Waals surface area contributed by atoms with Gasteiger partial charge in [0.1, 0.15) is 0 Å². The average Bonchev–Trinajstić information content (AvgIpc) is 2.86. The van der Waals surface area contributed by atoms with Crippen LogP contribution in [0.4, 0.5) is 0 Å². The molecule has 0 spiro atoms. The van der Waals surface area contributed by atoms with Crippen LogP contribution in [0.25, 0.3) is 0 Å². The molecular formula is C10H11NO2. The van der Waals surface area contributed by atoms with E-state index in [0.29, 0.717) is 5.92 Å². The van der Waals surface area contributed by atoms with Crippen molar-refractivity contribution in [2.24, 2.45) is 11.8 Å². The maximum atomic E-state index is 10.5. The molecule has 1 saturated carbocycles. The van der Waals surface area contributed by atoms with E-state index in [1.54, 1.807) is 12.4 Å². The lowest BCUT2D eigenvalue weighted by atomic mass is 10.1. The van der Waals surface area contributed by atoms with E-state index < -0.39 is 5.97 Å². The van der Waals surface area contributed by atoms with Crippen LogP contribution in [0.15, 0.2) is 24.5 Å². The van der Waals surface area contributed by atoms with Crippen molar-refractivity contribution in [2.75, 3.05) is 0 Å². The number of nitrogens with zero attached hydrogens (tertiary/aromatic N) is 1. The van der Waals surface area contributed by atoms with E-state index in [9.17, 15) is 4.79 Å². The van der Waals surface area contributed by atoms with Gasteiger partial charge < -0.3 is 5.11 Å². The number of aromatic nitrogens is 1. The summed E-state index contributed by atoms with van der Waals surface area (Å²) in [6, 6.07) is 3.87. The number of hydrogen-bond acceptors (Lipinski definition) is 2. The lowest BCUT2D eigenvalue weighted by Crippen LogP contribution is -2.01. The third-order valence-electron chi connectivity index (χ3n) is 2.46. The molecule has 1 heterocycles. The fraction of sp³-hybridized carbons (Fsp3) is 0.400. The minimum atomic E-state index is -0.658. The molecule has 0 saturated heterocycles. The number of aliphatic carboxylic acids is 1. The van der Waals surface area contributed by atoms with E-state index in [4.69, 9.17) is 5.11 Å². The van der Waals surface area contributed by atoms with Gasteiger partial charge >= 0.3 is 5.97 Å². The molecule has 0 radical (unpaired) electrons. The molecule has 3 nitrogen and oxygen atoms in total. The molecule has 1 aliphatic rings. The minimum absolute atomic E-state index is 0.111. The van der Waals surface area contributed by atoms with E-state index in [2.05, 4.69) is 4.98 Å². The molecular weight excluding hydrogens is 166 g/mol. The molecule has 3 heteroatoms. The molecule has 0 bridgehead atoms. The summed E-state index contributed by atoms with van der Waals surface area (Å²) in [6.07, 6.45) is 5.21. The first kappa shape index (κ1) is 8.23. The first-order valence-electron chi connectivity index (χ1n) is 4.39. The van der Waals surface area contributed by atoms with Gasteiger partial charge in [-0.25, -0.2) is 0 Å². The maximum Gasteiger partial charge on any atom is 0.306 e. The van der Waals surface area contributed by atoms with Crippen LogP contribution in [0.1, 0.15) is 12.0 Å². The lowest BCUT2D eigenvalue weighted by molar-refractivity contribution is -0.138. The Morgan fingerprint density at radius 3 is 3.08 bits per heavy atom. The van der Waals surface area contributed by atoms with Gasteiger partial charge in [0, 0.05) is 12.4 Å². The zero-order chi connectivity index (χ0) is 9.26. The second-order valence-corrected chi connectivity index (χ2v) is 3.51. The summed E-state index contributed by atoms with van der Waals surface area (Å²) >= 11 is 0. The van der Waals surface area contributed by atoms with Crippen molar-refractivity contribution in [3.8, 4) is 0 Å². The predicted molar refractivity (Wildman–Crippen MR) is 47.2 cm³/mol. The number of pyridine rings is 1. The number of carbonyl (C=O) groups is 1. The Balaban J connectivity index is 1.92. The monoisotopic (exact) mass is 177 g/mol. The van der Waals surface area contributed by atoms with Crippen LogP contribution in [0.5, 0.6) is 0 Å². The lowest BCUT2D eigenvalue weighted by Gasteiger charge is -1.96. The van der Waals surface area contributed by atoms with Gasteiger partial charge in [-0.2, -0.15) is 0 Å². The molecule has 0 amide bonds. The van der Waals surface area contributed by atoms with E-state index in [1.807, 2.05) is 12.1 Å². The topological polar surface area (TPSA) is 50.2 Å². The highest BCUT2D eigenvalue weighted by Crippen LogP contribution is 2.40. The number of hydrogen-bond donors (Lipinski definition) is 1. The maximum absolute atomic E-state index is 10.5. The van der Waals surface area contributed by atoms with Gasteiger partial charge in [-0.3, -0.25) is 9.78 Å². The largest absolute Gasteiger partial charge is 0.481 e. The Kier molecular flexibility index (Phi) is 2.00. The van der Waals surface area contributed by atoms with E-state index >= 15 is 0 Å². The molecule has 0 aliphatic heterocycles. The van der Waals surface area contributed by atoms with Crippen molar-refractivity contribution in [3.05, 3.63) is 30.1 Å². The van der Waals surface area contributed by atoms with E-state index in [0.717, 1.165) is 18.4 Å². The summed E-state index contributed by atoms with van der Waals surface area (Å²) in [4.78, 5) is 14.5. The smallest absolute Gasteiger partial charge is 0.306 e. The Morgan fingerprint density at radius 1 is 1.69 bits per heavy atom. The van der Waals surface area contributed by atoms with Crippen LogP contribution >= 0.6 is 0 Å². The molecule has 2 atom stereocenters. The van der Waals surface area contributed by atoms with Gasteiger partial charge in [0.15, 0.2) is 0 Å². The van der Waals surface area contributed by atoms with Crippen molar-refractivity contribution < 1.29 is 9.90 Å². The summed E-state index contributed by atoms with van der Waals surface area (Å²) in [7, 11) is 0. The highest BCUT2D eigenvalue weighted by atomic mass is 16.4. The number of rotatable bonds is 3. The van der Waals surface area contributed by atoms with Crippen LogP contribution in [0, 0.1) is 11.8 Å². The van der Waals surface area contributed by atoms with Gasteiger partial charge in [0.05, 0.1) is 5.92 Å². The Morgan fingerprint density at radius 2 is 2.54 bits per heavy atom. The summed E-state index contributed by atoms with van der Waals surface area (Å²) in [5.74, 6) is -0.434. The number of carboxylic acids is 1. The van der Waals surface area contributed by atoms with Crippen molar-refractivity contribution in [2.45, 2.75) is 12.8 Å². The molecule has 2 rings (SSSR count). The van der Waals surface area contributed by atoms with Crippen molar-refractivity contribution >= 4 is 5.97 Å². The SMILES string of the molecule is O=C(O)[C@@H]1C[C@H]1Cc1cccnc1. The normalized spacial score (nSPS) is 25.5. The van der Waals surface area contributed by atoms with Gasteiger partial charge in [-0.1, -0.05) is 6.07 Å². The minimum Gasteiger partial charge on any atom is -0.481 e. The second kappa shape index (κ2) is 3.17. The quantitative estimate of drug-likeness (QED) is 0.758. The summed E-state index contributed by atoms with van der Waals surface area (Å²) in [5, 5.41) is 8.69. The average molecular weight is 177 g/mol. The first-order chi connectivity index (χ1) is 6.27. The molecule has 1 aromatic rings. The molecule has 1 N–H and O–H groups in total. The summed E-state index contributed by atoms with van der Waals surface area (Å²) in [5.41, 5.74) is 1.14. The van der Waals surface area contributed by atoms with Gasteiger partial charge in [0.2, 0.25) is 0 Å². The Labute approximate surface area is 76.4 Å². The fourth-order valence-electron chi connectivity index (χ4n) is 1.60. The standard InChI is InChI=1S/C10H11NO2/c12-10(13)9-5-8(9)4-7-2-1-3-11-6-7/h1-3,6,8-9H,4-5H2,(H,12,13)/t8-,9-/m1/s1. The molecule has 0 unspecified atom stereocenters. The highest BCUT2D eigenvalue weighted by Gasteiger charge is 2.42. The summed E-state index contributed by atoms with van der Waals surface area (Å²) in [6.45, 7) is 0. The zero-order valence-corrected chi connectivity index (χ0v) is 7.18. The third kappa shape index (κ3) is 1.86. The summed E-state index contributed by atoms with van der Waals surface area (Å²) < 4.78 is 0. The van der Waals surface area contributed by atoms with Crippen molar-refractivity contribution in [3.63, 3.8) is 0 Å². The van der Waals surface area contributed by atoms with Crippen molar-refractivity contribution in [1.82, 2.24) is 4.98 Å². The van der Waals surface area contributed by atoms with Crippen LogP contribution in [0.3, 0.4) is 0 Å². The van der Waals surface area contributed by atoms with Crippen molar-refractivity contribution in [1.29, 1.82) is 0 Å². The molecule has 13 heavy (non-hydrogen) atoms. The van der Waals surface area contributed by atoms with Gasteiger partial charge in [0.25, 0.3) is 0 Å². The Bertz CT molecular complexity index is 310. The molecule has 68 valence electrons. The molecule has 1 fully saturated rings. The van der Waals surface area contributed by atoms with Gasteiger partial charge in [-0.15, -0.1) is 0 Å². The van der Waals surface area contributed by atoms with Crippen LogP contribution < -0.4 is 0 Å². The molecule has 1 aromatic heterocycles. The Hall–Kier alpha value is -1.38. The fourth-order valence-corrected chi connectivity index (χ4v) is 1.60. The van der Waals surface area contributed by atoms with E-state index in [1.165, 1.54) is 0 Å². The van der Waals surface area contributed by atoms with E-state index in [-0.39, 0.29) is 5.92 Å². The highest BCUT2D eigenvalue weighted by molar-refractivity contribution is 5.73. The predicted octanol–water partition coefficient (Wildman–Crippen LogP) is 1.34.